The zero-order chi connectivity index (χ0) is 108. The lowest BCUT2D eigenvalue weighted by molar-refractivity contribution is -0.290. The average molecular weight is 2160 g/mol. The lowest BCUT2D eigenvalue weighted by Crippen LogP contribution is -2.55. The molecule has 0 aromatic heterocycles. The lowest BCUT2D eigenvalue weighted by Gasteiger charge is -2.40. The summed E-state index contributed by atoms with van der Waals surface area (Å²) in [7, 11) is -28.5. The van der Waals surface area contributed by atoms with E-state index in [9.17, 15) is 189 Å². The molecule has 0 aliphatic rings. The van der Waals surface area contributed by atoms with E-state index in [0.717, 1.165) is 36.6 Å². The van der Waals surface area contributed by atoms with E-state index in [1.54, 1.807) is 19.6 Å². The van der Waals surface area contributed by atoms with Gasteiger partial charge in [-0.3, -0.25) is 0 Å². The molecular formula is C73H103F43O7Si9. The van der Waals surface area contributed by atoms with Gasteiger partial charge in [0.1, 0.15) is 75.0 Å². The van der Waals surface area contributed by atoms with E-state index in [2.05, 4.69) is 136 Å². The molecule has 3 unspecified atom stereocenters. The van der Waals surface area contributed by atoms with Crippen LogP contribution in [0.3, 0.4) is 0 Å². The van der Waals surface area contributed by atoms with Gasteiger partial charge in [-0.2, -0.15) is 162 Å². The zero-order valence-electron chi connectivity index (χ0n) is 71.9. The average Bonchev–Trinajstić information content (AvgIpc) is 0.741. The molecule has 0 heterocycles. The summed E-state index contributed by atoms with van der Waals surface area (Å²) in [6.07, 6.45) is -64.9. The smallest absolute Gasteiger partial charge is 0.403 e. The van der Waals surface area contributed by atoms with E-state index in [1.165, 1.54) is 88.0 Å². The fourth-order valence-corrected chi connectivity index (χ4v) is 21.7. The third-order valence-corrected chi connectivity index (χ3v) is 42.8. The largest absolute Gasteiger partial charge is 0.455 e. The molecular weight excluding hydrogens is 2060 g/mol. The van der Waals surface area contributed by atoms with Crippen molar-refractivity contribution in [2.75, 3.05) is 33.0 Å². The maximum absolute atomic E-state index is 12.7. The van der Waals surface area contributed by atoms with Crippen molar-refractivity contribution in [1.82, 2.24) is 0 Å². The summed E-state index contributed by atoms with van der Waals surface area (Å²) in [4.78, 5) is 0. The molecule has 0 rings (SSSR count). The predicted molar refractivity (Wildman–Crippen MR) is 442 cm³/mol. The van der Waals surface area contributed by atoms with Gasteiger partial charge in [0.15, 0.2) is 0 Å². The molecule has 3 atom stereocenters. The Morgan fingerprint density at radius 2 is 0.492 bits per heavy atom. The van der Waals surface area contributed by atoms with Crippen molar-refractivity contribution in [1.29, 1.82) is 0 Å². The first-order valence-electron chi connectivity index (χ1n) is 35.6. The van der Waals surface area contributed by atoms with E-state index in [1.807, 2.05) is 0 Å². The first-order chi connectivity index (χ1) is 58.2. The van der Waals surface area contributed by atoms with Crippen LogP contribution >= 0.6 is 0 Å². The van der Waals surface area contributed by atoms with Crippen LogP contribution in [0.2, 0.25) is 68.5 Å². The second-order valence-electron chi connectivity index (χ2n) is 27.8. The molecule has 132 heavy (non-hydrogen) atoms. The number of halogens is 43. The Hall–Kier alpha value is -6.02. The van der Waals surface area contributed by atoms with Crippen molar-refractivity contribution in [3.05, 3.63) is 221 Å². The lowest BCUT2D eigenvalue weighted by atomic mass is 10.3. The normalized spacial score (nSPS) is 14.1. The summed E-state index contributed by atoms with van der Waals surface area (Å²) in [6, 6.07) is -3.76. The van der Waals surface area contributed by atoms with Gasteiger partial charge in [-0.15, -0.1) is 118 Å². The van der Waals surface area contributed by atoms with Crippen molar-refractivity contribution in [2.45, 2.75) is 200 Å². The summed E-state index contributed by atoms with van der Waals surface area (Å²) < 4.78 is 555. The summed E-state index contributed by atoms with van der Waals surface area (Å²) in [5.41, 5.74) is 12.8. The fraction of sp³-hybridized carbons (Fsp3) is 0.507. The van der Waals surface area contributed by atoms with Crippen LogP contribution in [0.25, 0.3) is 0 Å². The highest BCUT2D eigenvalue weighted by Gasteiger charge is 2.70. The second-order valence-corrected chi connectivity index (χ2v) is 60.3. The van der Waals surface area contributed by atoms with Crippen LogP contribution in [0.1, 0.15) is 20.8 Å². The molecule has 0 fully saturated rings. The third kappa shape index (κ3) is 61.9. The maximum Gasteiger partial charge on any atom is 0.455 e. The SMILES string of the molecule is C=C[Si](C)(C=C)CC(F)(F)C(F)F.C=C[Si](C)(C=C)OC(C)C(F)(F)F.C=C[Si](C)(C=C)OC(C)C(F)(F)F.C=C[Si](C)(C=C)OCC(F)(F)C(F)(F)F.C=C[Si](C)(C=C)OCC(F)(F)C(F)F.C=C[Si](C)(C=C)OCC(F)(F)F.C=C[Si](C=C)(C(C)C(F)(F)F)C(C(F)(F)F)C(F)(F)F.C=C[Si](C=C)(CC(F)(F)F)CC(F)(F)F.C=C[Si](C=C)(OCC(F)(F)F)OCC(F)(F)F. The van der Waals surface area contributed by atoms with E-state index >= 15 is 0 Å². The number of rotatable bonds is 42. The van der Waals surface area contributed by atoms with Crippen LogP contribution in [-0.4, -0.2) is 218 Å². The van der Waals surface area contributed by atoms with Gasteiger partial charge in [-0.1, -0.05) is 105 Å². The minimum atomic E-state index is -5.87. The molecule has 0 bridgehead atoms. The van der Waals surface area contributed by atoms with Crippen LogP contribution in [0.15, 0.2) is 221 Å². The third-order valence-electron chi connectivity index (χ3n) is 16.6. The van der Waals surface area contributed by atoms with Gasteiger partial charge in [0.25, 0.3) is 0 Å². The van der Waals surface area contributed by atoms with Crippen molar-refractivity contribution >= 4 is 74.4 Å². The molecule has 774 valence electrons. The van der Waals surface area contributed by atoms with Gasteiger partial charge in [0.05, 0.1) is 5.54 Å². The van der Waals surface area contributed by atoms with Crippen LogP contribution in [0, 0.1) is 0 Å². The molecule has 59 heteroatoms. The van der Waals surface area contributed by atoms with Crippen LogP contribution in [0.4, 0.5) is 189 Å². The molecule has 0 aliphatic heterocycles. The van der Waals surface area contributed by atoms with E-state index in [-0.39, 0.29) is 11.4 Å². The molecule has 0 radical (unpaired) electrons. The summed E-state index contributed by atoms with van der Waals surface area (Å²) in [5.74, 6) is -12.9. The standard InChI is InChI=1S/C10H11F9Si.C8H10F6O2Si.C8H10F6Si.C8H11F5OSi.C8H12F4OSi.C8H12F4Si.2C8H13F3OSi.C7H11F3OSi/c1-4-20(5-2,6(3)8(11,12)13)7(9(14,15)16)10(17,18)19;1-3-17(4-2,15-5-7(9,10)11)16-6-8(12,13)14;1-3-15(4-2,5-7(9,10)11)6-8(12,13)14;1-4-15(3,5-2)14-6-7(9,10)8(11,12)13;1-4-14(3,5-2)13-6-8(11,12)7(9)10;1-4-13(3,5-2)6-8(11,12)7(9)10;2*1-5-13(4,6-2)12-7(3)8(9,10)11;1-4-12(3,5-2)11-6-7(8,9)10/h4-7H,1-2H2,3H3;3-4H,1-2,5-6H2;3-4H,1-2,5-6H2;4-5H,1-2,6H2,3H3;4-5,7H,1-2,6H2,3H3;4-5,7H,1-2,6H2,3H3;2*5-7H,1-2H2,3-4H3;4-5H,1-2,6H2,3H3. The first-order valence-corrected chi connectivity index (χ1v) is 58.1. The summed E-state index contributed by atoms with van der Waals surface area (Å²) in [5, 5.41) is 0. The molecule has 0 spiro atoms. The van der Waals surface area contributed by atoms with Gasteiger partial charge >= 0.3 is 107 Å². The molecule has 0 aromatic rings. The van der Waals surface area contributed by atoms with Gasteiger partial charge in [-0.25, -0.2) is 26.3 Å². The Labute approximate surface area is 745 Å². The molecule has 0 amide bonds. The fourth-order valence-electron chi connectivity index (χ4n) is 7.44. The van der Waals surface area contributed by atoms with Crippen molar-refractivity contribution in [3.63, 3.8) is 0 Å². The van der Waals surface area contributed by atoms with Crippen molar-refractivity contribution in [2.24, 2.45) is 0 Å². The van der Waals surface area contributed by atoms with Crippen molar-refractivity contribution < 1.29 is 220 Å². The molecule has 0 aliphatic carbocycles. The van der Waals surface area contributed by atoms with E-state index in [4.69, 9.17) is 13.3 Å². The molecule has 0 saturated carbocycles. The second kappa shape index (κ2) is 57.4. The summed E-state index contributed by atoms with van der Waals surface area (Å²) >= 11 is 0. The highest BCUT2D eigenvalue weighted by Crippen LogP contribution is 2.57. The highest BCUT2D eigenvalue weighted by atomic mass is 28.4. The Bertz CT molecular complexity index is 3370. The maximum atomic E-state index is 12.7. The number of alkyl halides is 43. The highest BCUT2D eigenvalue weighted by molar-refractivity contribution is 6.92. The predicted octanol–water partition coefficient (Wildman–Crippen LogP) is 30.5. The molecule has 0 aromatic carbocycles. The topological polar surface area (TPSA) is 64.6 Å². The van der Waals surface area contributed by atoms with Crippen molar-refractivity contribution in [3.8, 4) is 0 Å². The molecule has 0 saturated heterocycles. The van der Waals surface area contributed by atoms with Crippen LogP contribution in [-0.2, 0) is 31.0 Å². The zero-order valence-corrected chi connectivity index (χ0v) is 80.9. The Morgan fingerprint density at radius 3 is 0.667 bits per heavy atom. The quantitative estimate of drug-likeness (QED) is 0.0446. The number of hydrogen-bond acceptors (Lipinski definition) is 7. The Kier molecular flexibility index (Phi) is 62.5. The van der Waals surface area contributed by atoms with Gasteiger partial charge in [-0.05, 0) is 58.0 Å². The Morgan fingerprint density at radius 1 is 0.250 bits per heavy atom. The Balaban J connectivity index is -0.000000185. The first kappa shape index (κ1) is 144. The van der Waals surface area contributed by atoms with Crippen LogP contribution in [0.5, 0.6) is 0 Å². The van der Waals surface area contributed by atoms with Gasteiger partial charge < -0.3 is 31.0 Å². The molecule has 0 N–H and O–H groups in total. The molecule has 7 nitrogen and oxygen atoms in total. The monoisotopic (exact) mass is 2160 g/mol. The minimum absolute atomic E-state index is 0.143. The van der Waals surface area contributed by atoms with E-state index < -0.39 is 247 Å². The minimum Gasteiger partial charge on any atom is -0.403 e. The van der Waals surface area contributed by atoms with Gasteiger partial charge in [0.2, 0.25) is 41.6 Å². The van der Waals surface area contributed by atoms with E-state index in [0.29, 0.717) is 6.92 Å². The number of hydrogen-bond donors (Lipinski definition) is 0. The van der Waals surface area contributed by atoms with Crippen LogP contribution < -0.4 is 0 Å². The van der Waals surface area contributed by atoms with Gasteiger partial charge in [0, 0.05) is 18.1 Å². The summed E-state index contributed by atoms with van der Waals surface area (Å²) in [6.45, 7) is 62.4.